The smallest absolute Gasteiger partial charge is 0.201 e. The first-order valence-electron chi connectivity index (χ1n) is 7.76. The van der Waals surface area contributed by atoms with E-state index in [4.69, 9.17) is 21.1 Å². The van der Waals surface area contributed by atoms with Crippen LogP contribution in [0.15, 0.2) is 28.9 Å². The second-order valence-electron chi connectivity index (χ2n) is 4.96. The van der Waals surface area contributed by atoms with Gasteiger partial charge in [-0.1, -0.05) is 18.5 Å². The van der Waals surface area contributed by atoms with Crippen LogP contribution >= 0.6 is 11.6 Å². The van der Waals surface area contributed by atoms with E-state index in [9.17, 15) is 18.0 Å². The van der Waals surface area contributed by atoms with Crippen LogP contribution in [0.3, 0.4) is 0 Å². The number of Topliss-reactive ketones (excluding diaryl/α,β-unsaturated/α-hetero) is 2. The molecule has 0 bridgehead atoms. The van der Waals surface area contributed by atoms with Crippen LogP contribution in [0.4, 0.5) is 0 Å². The van der Waals surface area contributed by atoms with Gasteiger partial charge in [-0.3, -0.25) is 9.59 Å². The fourth-order valence-corrected chi connectivity index (χ4v) is 3.39. The lowest BCUT2D eigenvalue weighted by Gasteiger charge is -2.15. The van der Waals surface area contributed by atoms with Crippen molar-refractivity contribution in [1.82, 2.24) is 0 Å². The maximum absolute atomic E-state index is 12.6. The van der Waals surface area contributed by atoms with Crippen LogP contribution in [0, 0.1) is 0 Å². The van der Waals surface area contributed by atoms with Gasteiger partial charge in [0.2, 0.25) is 5.78 Å². The largest absolute Gasteiger partial charge is 0.501 e. The molecule has 0 heterocycles. The number of carbonyl (C=O) groups is 2. The predicted molar refractivity (Wildman–Crippen MR) is 95.1 cm³/mol. The van der Waals surface area contributed by atoms with Crippen molar-refractivity contribution < 1.29 is 27.5 Å². The van der Waals surface area contributed by atoms with Gasteiger partial charge >= 0.3 is 0 Å². The van der Waals surface area contributed by atoms with Gasteiger partial charge < -0.3 is 9.47 Å². The molecule has 1 aromatic carbocycles. The van der Waals surface area contributed by atoms with E-state index in [1.807, 2.05) is 0 Å². The summed E-state index contributed by atoms with van der Waals surface area (Å²) in [5.74, 6) is -1.37. The monoisotopic (exact) mass is 388 g/mol. The van der Waals surface area contributed by atoms with E-state index in [1.165, 1.54) is 26.0 Å². The first kappa shape index (κ1) is 21.2. The van der Waals surface area contributed by atoms with E-state index >= 15 is 0 Å². The SMILES string of the molecule is CCOC=C(C(C)=O)C(=O)c1ccc(S(=O)(=O)CC)c(OCC)c1Cl. The van der Waals surface area contributed by atoms with Gasteiger partial charge in [0.1, 0.15) is 4.90 Å². The molecule has 6 nitrogen and oxygen atoms in total. The van der Waals surface area contributed by atoms with Gasteiger partial charge in [-0.05, 0) is 32.9 Å². The molecule has 0 saturated carbocycles. The number of allylic oxidation sites excluding steroid dienone is 1. The third kappa shape index (κ3) is 4.83. The standard InChI is InChI=1S/C17H21ClO6S/c1-5-23-10-13(11(4)19)16(20)12-8-9-14(25(21,22)7-3)17(15(12)18)24-6-2/h8-10H,5-7H2,1-4H3. The molecule has 1 aromatic rings. The summed E-state index contributed by atoms with van der Waals surface area (Å²) in [6.07, 6.45) is 1.08. The number of sulfone groups is 1. The number of ether oxygens (including phenoxy) is 2. The molecular weight excluding hydrogens is 368 g/mol. The second-order valence-corrected chi connectivity index (χ2v) is 7.59. The van der Waals surface area contributed by atoms with Gasteiger partial charge in [0.15, 0.2) is 21.4 Å². The van der Waals surface area contributed by atoms with Crippen LogP contribution in [0.1, 0.15) is 38.1 Å². The van der Waals surface area contributed by atoms with Gasteiger partial charge in [0.05, 0.1) is 35.8 Å². The summed E-state index contributed by atoms with van der Waals surface area (Å²) in [7, 11) is -3.59. The zero-order chi connectivity index (χ0) is 19.2. The number of benzene rings is 1. The number of hydrogen-bond donors (Lipinski definition) is 0. The van der Waals surface area contributed by atoms with Crippen molar-refractivity contribution >= 4 is 33.0 Å². The molecule has 0 aliphatic carbocycles. The third-order valence-corrected chi connectivity index (χ3v) is 5.43. The highest BCUT2D eigenvalue weighted by Gasteiger charge is 2.27. The molecule has 0 aromatic heterocycles. The summed E-state index contributed by atoms with van der Waals surface area (Å²) in [4.78, 5) is 24.3. The lowest BCUT2D eigenvalue weighted by Crippen LogP contribution is -2.14. The molecular formula is C17H21ClO6S. The first-order valence-corrected chi connectivity index (χ1v) is 9.79. The topological polar surface area (TPSA) is 86.7 Å². The van der Waals surface area contributed by atoms with E-state index in [-0.39, 0.29) is 45.8 Å². The van der Waals surface area contributed by atoms with Crippen LogP contribution in [0.5, 0.6) is 5.75 Å². The summed E-state index contributed by atoms with van der Waals surface area (Å²) in [6, 6.07) is 2.54. The molecule has 0 saturated heterocycles. The molecule has 0 spiro atoms. The second kappa shape index (κ2) is 9.01. The zero-order valence-electron chi connectivity index (χ0n) is 14.6. The maximum Gasteiger partial charge on any atom is 0.201 e. The van der Waals surface area contributed by atoms with Crippen LogP contribution in [-0.4, -0.2) is 39.0 Å². The highest BCUT2D eigenvalue weighted by molar-refractivity contribution is 7.91. The Balaban J connectivity index is 3.55. The molecule has 0 radical (unpaired) electrons. The molecule has 8 heteroatoms. The van der Waals surface area contributed by atoms with Gasteiger partial charge in [0.25, 0.3) is 0 Å². The van der Waals surface area contributed by atoms with Crippen molar-refractivity contribution in [3.05, 3.63) is 34.6 Å². The molecule has 0 amide bonds. The molecule has 0 fully saturated rings. The average molecular weight is 389 g/mol. The lowest BCUT2D eigenvalue weighted by atomic mass is 10.0. The summed E-state index contributed by atoms with van der Waals surface area (Å²) < 4.78 is 34.8. The van der Waals surface area contributed by atoms with Gasteiger partial charge in [-0.2, -0.15) is 0 Å². The molecule has 0 atom stereocenters. The number of rotatable bonds is 9. The van der Waals surface area contributed by atoms with Crippen molar-refractivity contribution in [1.29, 1.82) is 0 Å². The van der Waals surface area contributed by atoms with E-state index in [2.05, 4.69) is 0 Å². The molecule has 138 valence electrons. The number of hydrogen-bond acceptors (Lipinski definition) is 6. The Morgan fingerprint density at radius 3 is 2.28 bits per heavy atom. The molecule has 0 aliphatic heterocycles. The van der Waals surface area contributed by atoms with E-state index < -0.39 is 21.4 Å². The van der Waals surface area contributed by atoms with Crippen LogP contribution in [0.2, 0.25) is 5.02 Å². The summed E-state index contributed by atoms with van der Waals surface area (Å²) in [5.41, 5.74) is -0.210. The quantitative estimate of drug-likeness (QED) is 0.212. The molecule has 0 N–H and O–H groups in total. The number of ketones is 2. The Kier molecular flexibility index (Phi) is 7.63. The van der Waals surface area contributed by atoms with Gasteiger partial charge in [-0.25, -0.2) is 8.42 Å². The Hall–Kier alpha value is -1.86. The van der Waals surface area contributed by atoms with Crippen molar-refractivity contribution in [3.63, 3.8) is 0 Å². The highest BCUT2D eigenvalue weighted by atomic mass is 35.5. The minimum atomic E-state index is -3.59. The fraction of sp³-hybridized carbons (Fsp3) is 0.412. The van der Waals surface area contributed by atoms with Gasteiger partial charge in [-0.15, -0.1) is 0 Å². The minimum Gasteiger partial charge on any atom is -0.501 e. The molecule has 25 heavy (non-hydrogen) atoms. The average Bonchev–Trinajstić information content (AvgIpc) is 2.56. The van der Waals surface area contributed by atoms with Crippen molar-refractivity contribution in [2.45, 2.75) is 32.6 Å². The van der Waals surface area contributed by atoms with E-state index in [0.717, 1.165) is 6.26 Å². The van der Waals surface area contributed by atoms with Crippen LogP contribution in [-0.2, 0) is 19.4 Å². The Morgan fingerprint density at radius 2 is 1.80 bits per heavy atom. The third-order valence-electron chi connectivity index (χ3n) is 3.30. The lowest BCUT2D eigenvalue weighted by molar-refractivity contribution is -0.113. The van der Waals surface area contributed by atoms with Crippen molar-refractivity contribution in [3.8, 4) is 5.75 Å². The van der Waals surface area contributed by atoms with Gasteiger partial charge in [0, 0.05) is 5.56 Å². The molecule has 0 unspecified atom stereocenters. The van der Waals surface area contributed by atoms with Crippen LogP contribution in [0.25, 0.3) is 0 Å². The molecule has 0 aliphatic rings. The summed E-state index contributed by atoms with van der Waals surface area (Å²) in [6.45, 7) is 6.56. The summed E-state index contributed by atoms with van der Waals surface area (Å²) in [5, 5.41) is -0.148. The normalized spacial score (nSPS) is 12.0. The minimum absolute atomic E-state index is 0.0266. The summed E-state index contributed by atoms with van der Waals surface area (Å²) >= 11 is 6.24. The number of halogens is 1. The number of carbonyl (C=O) groups excluding carboxylic acids is 2. The fourth-order valence-electron chi connectivity index (χ4n) is 2.00. The highest BCUT2D eigenvalue weighted by Crippen LogP contribution is 2.36. The van der Waals surface area contributed by atoms with E-state index in [0.29, 0.717) is 0 Å². The van der Waals surface area contributed by atoms with Crippen molar-refractivity contribution in [2.75, 3.05) is 19.0 Å². The van der Waals surface area contributed by atoms with Crippen LogP contribution < -0.4 is 4.74 Å². The Morgan fingerprint density at radius 1 is 1.16 bits per heavy atom. The zero-order valence-corrected chi connectivity index (χ0v) is 16.2. The Bertz CT molecular complexity index is 796. The first-order chi connectivity index (χ1) is 11.7. The van der Waals surface area contributed by atoms with E-state index in [1.54, 1.807) is 13.8 Å². The maximum atomic E-state index is 12.6. The molecule has 1 rings (SSSR count). The van der Waals surface area contributed by atoms with Crippen molar-refractivity contribution in [2.24, 2.45) is 0 Å². The Labute approximate surface area is 152 Å². The predicted octanol–water partition coefficient (Wildman–Crippen LogP) is 3.22.